The lowest BCUT2D eigenvalue weighted by atomic mass is 10.1. The molecule has 0 saturated carbocycles. The molecule has 2 N–H and O–H groups in total. The Labute approximate surface area is 152 Å². The van der Waals surface area contributed by atoms with Crippen LogP contribution in [0.3, 0.4) is 0 Å². The summed E-state index contributed by atoms with van der Waals surface area (Å²) in [4.78, 5) is 26.3. The van der Waals surface area contributed by atoms with Gasteiger partial charge in [0.15, 0.2) is 0 Å². The molecule has 0 spiro atoms. The third kappa shape index (κ3) is 3.22. The molecule has 2 aromatic carbocycles. The van der Waals surface area contributed by atoms with E-state index in [0.29, 0.717) is 24.9 Å². The number of nitrogens with one attached hydrogen (secondary N) is 1. The summed E-state index contributed by atoms with van der Waals surface area (Å²) in [5.74, 6) is -0.0362. The van der Waals surface area contributed by atoms with Gasteiger partial charge in [-0.1, -0.05) is 36.4 Å². The monoisotopic (exact) mass is 350 g/mol. The van der Waals surface area contributed by atoms with Crippen molar-refractivity contribution in [2.24, 2.45) is 0 Å². The molecule has 2 aromatic rings. The van der Waals surface area contributed by atoms with Crippen LogP contribution in [0.2, 0.25) is 0 Å². The van der Waals surface area contributed by atoms with Crippen LogP contribution >= 0.6 is 0 Å². The predicted octanol–water partition coefficient (Wildman–Crippen LogP) is 2.20. The summed E-state index contributed by atoms with van der Waals surface area (Å²) in [7, 11) is 0. The zero-order valence-electron chi connectivity index (χ0n) is 14.5. The van der Waals surface area contributed by atoms with Gasteiger partial charge in [-0.25, -0.2) is 0 Å². The van der Waals surface area contributed by atoms with Crippen molar-refractivity contribution in [1.29, 1.82) is 0 Å². The van der Waals surface area contributed by atoms with Gasteiger partial charge in [-0.05, 0) is 35.2 Å². The van der Waals surface area contributed by atoms with Gasteiger partial charge in [0.2, 0.25) is 5.91 Å². The van der Waals surface area contributed by atoms with Crippen molar-refractivity contribution in [3.8, 4) is 0 Å². The lowest BCUT2D eigenvalue weighted by Gasteiger charge is -2.19. The van der Waals surface area contributed by atoms with Gasteiger partial charge in [-0.3, -0.25) is 9.59 Å². The summed E-state index contributed by atoms with van der Waals surface area (Å²) in [6.45, 7) is 1.31. The van der Waals surface area contributed by atoms with Gasteiger partial charge in [0, 0.05) is 31.5 Å². The Balaban J connectivity index is 1.48. The van der Waals surface area contributed by atoms with E-state index in [1.165, 1.54) is 0 Å². The molecule has 4 rings (SSSR count). The van der Waals surface area contributed by atoms with Crippen molar-refractivity contribution >= 4 is 11.8 Å². The Morgan fingerprint density at radius 2 is 2.04 bits per heavy atom. The molecule has 2 atom stereocenters. The van der Waals surface area contributed by atoms with E-state index in [4.69, 9.17) is 0 Å². The first-order chi connectivity index (χ1) is 12.6. The smallest absolute Gasteiger partial charge is 0.251 e. The quantitative estimate of drug-likeness (QED) is 0.888. The lowest BCUT2D eigenvalue weighted by molar-refractivity contribution is -0.128. The Morgan fingerprint density at radius 1 is 1.19 bits per heavy atom. The first-order valence-electron chi connectivity index (χ1n) is 9.05. The van der Waals surface area contributed by atoms with Crippen LogP contribution in [0.1, 0.15) is 45.9 Å². The van der Waals surface area contributed by atoms with E-state index in [0.717, 1.165) is 29.7 Å². The zero-order valence-corrected chi connectivity index (χ0v) is 14.5. The number of rotatable bonds is 4. The van der Waals surface area contributed by atoms with Gasteiger partial charge >= 0.3 is 0 Å². The summed E-state index contributed by atoms with van der Waals surface area (Å²) in [6, 6.07) is 14.8. The molecule has 2 aliphatic rings. The number of carbonyl (C=O) groups is 2. The number of carbonyl (C=O) groups excluding carboxylic acids is 2. The van der Waals surface area contributed by atoms with Crippen LogP contribution in [0, 0.1) is 0 Å². The third-order valence-corrected chi connectivity index (χ3v) is 5.22. The molecule has 0 radical (unpaired) electrons. The number of nitrogens with zero attached hydrogens (tertiary/aromatic N) is 1. The van der Waals surface area contributed by atoms with Crippen LogP contribution in [0.15, 0.2) is 48.5 Å². The van der Waals surface area contributed by atoms with E-state index in [1.807, 2.05) is 47.4 Å². The third-order valence-electron chi connectivity index (χ3n) is 5.22. The van der Waals surface area contributed by atoms with Gasteiger partial charge in [-0.15, -0.1) is 0 Å². The second kappa shape index (κ2) is 6.92. The zero-order chi connectivity index (χ0) is 18.1. The van der Waals surface area contributed by atoms with Crippen LogP contribution in [-0.4, -0.2) is 34.5 Å². The highest BCUT2D eigenvalue weighted by atomic mass is 16.3. The highest BCUT2D eigenvalue weighted by molar-refractivity contribution is 5.94. The molecule has 1 saturated heterocycles. The lowest BCUT2D eigenvalue weighted by Crippen LogP contribution is -2.34. The number of aliphatic hydroxyl groups is 1. The Bertz CT molecular complexity index is 849. The van der Waals surface area contributed by atoms with E-state index < -0.39 is 6.10 Å². The number of hydrogen-bond donors (Lipinski definition) is 2. The Hall–Kier alpha value is -2.66. The van der Waals surface area contributed by atoms with Gasteiger partial charge in [-0.2, -0.15) is 0 Å². The summed E-state index contributed by atoms with van der Waals surface area (Å²) in [5.41, 5.74) is 3.55. The fraction of sp³-hybridized carbons (Fsp3) is 0.333. The van der Waals surface area contributed by atoms with Crippen molar-refractivity contribution in [2.75, 3.05) is 6.54 Å². The van der Waals surface area contributed by atoms with E-state index in [-0.39, 0.29) is 17.9 Å². The summed E-state index contributed by atoms with van der Waals surface area (Å²) in [6.07, 6.45) is 1.46. The molecule has 1 aliphatic heterocycles. The summed E-state index contributed by atoms with van der Waals surface area (Å²) < 4.78 is 0. The standard InChI is InChI=1S/C21H22N2O3/c24-18-12-15-6-1-2-8-17(15)20(18)22-21(26)16-7-3-5-14(11-16)13-23-10-4-9-19(23)25/h1-3,5-8,11,18,20,24H,4,9-10,12-13H2,(H,22,26)/t18-,20+/m1/s1. The number of likely N-dealkylation sites (tertiary alicyclic amines) is 1. The SMILES string of the molecule is O=C(N[C@H]1c2ccccc2C[C@H]1O)c1cccc(CN2CCCC2=O)c1. The minimum Gasteiger partial charge on any atom is -0.390 e. The van der Waals surface area contributed by atoms with Crippen molar-refractivity contribution in [2.45, 2.75) is 38.0 Å². The van der Waals surface area contributed by atoms with Crippen LogP contribution in [0.4, 0.5) is 0 Å². The average Bonchev–Trinajstić information content (AvgIpc) is 3.18. The number of aliphatic hydroxyl groups excluding tert-OH is 1. The second-order valence-electron chi connectivity index (χ2n) is 7.04. The van der Waals surface area contributed by atoms with E-state index in [1.54, 1.807) is 6.07 Å². The number of benzene rings is 2. The molecule has 0 bridgehead atoms. The first kappa shape index (κ1) is 16.8. The van der Waals surface area contributed by atoms with Gasteiger partial charge in [0.25, 0.3) is 5.91 Å². The fourth-order valence-corrected chi connectivity index (χ4v) is 3.87. The normalized spacial score (nSPS) is 21.7. The van der Waals surface area contributed by atoms with Gasteiger partial charge in [0.05, 0.1) is 12.1 Å². The maximum atomic E-state index is 12.7. The minimum atomic E-state index is -0.609. The molecule has 0 unspecified atom stereocenters. The highest BCUT2D eigenvalue weighted by Gasteiger charge is 2.32. The van der Waals surface area contributed by atoms with Gasteiger partial charge in [0.1, 0.15) is 0 Å². The molecular formula is C21H22N2O3. The van der Waals surface area contributed by atoms with Crippen molar-refractivity contribution in [3.05, 3.63) is 70.8 Å². The highest BCUT2D eigenvalue weighted by Crippen LogP contribution is 2.31. The van der Waals surface area contributed by atoms with Crippen molar-refractivity contribution in [1.82, 2.24) is 10.2 Å². The van der Waals surface area contributed by atoms with Crippen molar-refractivity contribution in [3.63, 3.8) is 0 Å². The second-order valence-corrected chi connectivity index (χ2v) is 7.04. The maximum Gasteiger partial charge on any atom is 0.251 e. The van der Waals surface area contributed by atoms with E-state index >= 15 is 0 Å². The Kier molecular flexibility index (Phi) is 4.47. The van der Waals surface area contributed by atoms with Crippen LogP contribution in [0.5, 0.6) is 0 Å². The molecule has 5 heteroatoms. The Morgan fingerprint density at radius 3 is 2.85 bits per heavy atom. The van der Waals surface area contributed by atoms with Crippen LogP contribution in [-0.2, 0) is 17.8 Å². The number of hydrogen-bond acceptors (Lipinski definition) is 3. The van der Waals surface area contributed by atoms with Gasteiger partial charge < -0.3 is 15.3 Å². The molecule has 5 nitrogen and oxygen atoms in total. The molecule has 0 aromatic heterocycles. The van der Waals surface area contributed by atoms with Crippen molar-refractivity contribution < 1.29 is 14.7 Å². The molecule has 134 valence electrons. The first-order valence-corrected chi connectivity index (χ1v) is 9.05. The summed E-state index contributed by atoms with van der Waals surface area (Å²) >= 11 is 0. The topological polar surface area (TPSA) is 69.6 Å². The molecule has 1 aliphatic carbocycles. The number of fused-ring (bicyclic) bond motifs is 1. The summed E-state index contributed by atoms with van der Waals surface area (Å²) in [5, 5.41) is 13.3. The molecule has 1 heterocycles. The maximum absolute atomic E-state index is 12.7. The minimum absolute atomic E-state index is 0.172. The average molecular weight is 350 g/mol. The molecular weight excluding hydrogens is 328 g/mol. The van der Waals surface area contributed by atoms with Crippen LogP contribution in [0.25, 0.3) is 0 Å². The molecule has 2 amide bonds. The van der Waals surface area contributed by atoms with Crippen LogP contribution < -0.4 is 5.32 Å². The predicted molar refractivity (Wildman–Crippen MR) is 97.5 cm³/mol. The van der Waals surface area contributed by atoms with E-state index in [2.05, 4.69) is 5.32 Å². The fourth-order valence-electron chi connectivity index (χ4n) is 3.87. The molecule has 1 fully saturated rings. The largest absolute Gasteiger partial charge is 0.390 e. The molecule has 26 heavy (non-hydrogen) atoms. The number of amides is 2. The van der Waals surface area contributed by atoms with E-state index in [9.17, 15) is 14.7 Å².